The van der Waals surface area contributed by atoms with Gasteiger partial charge < -0.3 is 9.52 Å². The van der Waals surface area contributed by atoms with Crippen LogP contribution in [0.25, 0.3) is 10.9 Å². The first kappa shape index (κ1) is 16.7. The number of nitrogens with zero attached hydrogens (tertiary/aromatic N) is 1. The summed E-state index contributed by atoms with van der Waals surface area (Å²) >= 11 is 0. The molecule has 2 aromatic heterocycles. The normalized spacial score (nSPS) is 14.8. The van der Waals surface area contributed by atoms with E-state index in [0.29, 0.717) is 22.6 Å². The third kappa shape index (κ3) is 3.08. The zero-order valence-corrected chi connectivity index (χ0v) is 14.4. The summed E-state index contributed by atoms with van der Waals surface area (Å²) in [7, 11) is -3.77. The minimum atomic E-state index is -3.77. The number of aliphatic hydroxyl groups is 1. The monoisotopic (exact) mass is 349 g/mol. The van der Waals surface area contributed by atoms with E-state index < -0.39 is 15.6 Å². The summed E-state index contributed by atoms with van der Waals surface area (Å²) in [5.74, 6) is 1.23. The highest BCUT2D eigenvalue weighted by molar-refractivity contribution is 7.89. The molecule has 0 saturated heterocycles. The fraction of sp³-hybridized carbons (Fsp3) is 0.312. The van der Waals surface area contributed by atoms with Gasteiger partial charge in [-0.25, -0.2) is 13.1 Å². The van der Waals surface area contributed by atoms with Crippen LogP contribution >= 0.6 is 0 Å². The van der Waals surface area contributed by atoms with Gasteiger partial charge in [0.1, 0.15) is 17.1 Å². The number of hydrogen-bond acceptors (Lipinski definition) is 5. The number of furan rings is 1. The smallest absolute Gasteiger partial charge is 0.240 e. The summed E-state index contributed by atoms with van der Waals surface area (Å²) in [5, 5.41) is 18.1. The number of nitrogens with one attached hydrogen (secondary N) is 2. The van der Waals surface area contributed by atoms with E-state index in [4.69, 9.17) is 4.42 Å². The van der Waals surface area contributed by atoms with Crippen LogP contribution in [0.5, 0.6) is 0 Å². The van der Waals surface area contributed by atoms with Gasteiger partial charge in [-0.05, 0) is 45.0 Å². The standard InChI is InChI=1S/C16H19N3O4S/c1-10-6-14(11(2)23-10)16(3,20)9-18-24(21,22)13-5-4-12-8-17-19-15(12)7-13/h4-8,18,20H,9H2,1-3H3,(H,17,19)/t16-/m0/s1. The zero-order chi connectivity index (χ0) is 17.5. The van der Waals surface area contributed by atoms with E-state index in [1.807, 2.05) is 0 Å². The summed E-state index contributed by atoms with van der Waals surface area (Å²) in [6.45, 7) is 4.88. The quantitative estimate of drug-likeness (QED) is 0.652. The number of rotatable bonds is 5. The Labute approximate surface area is 139 Å². The van der Waals surface area contributed by atoms with Gasteiger partial charge in [0.2, 0.25) is 10.0 Å². The number of aryl methyl sites for hydroxylation is 2. The van der Waals surface area contributed by atoms with Crippen LogP contribution in [0, 0.1) is 13.8 Å². The molecule has 0 aliphatic rings. The van der Waals surface area contributed by atoms with Crippen molar-refractivity contribution in [1.29, 1.82) is 0 Å². The highest BCUT2D eigenvalue weighted by Crippen LogP contribution is 2.27. The van der Waals surface area contributed by atoms with Gasteiger partial charge in [-0.3, -0.25) is 5.10 Å². The van der Waals surface area contributed by atoms with Crippen LogP contribution in [0.3, 0.4) is 0 Å². The first-order chi connectivity index (χ1) is 11.2. The number of benzene rings is 1. The van der Waals surface area contributed by atoms with Gasteiger partial charge in [-0.15, -0.1) is 0 Å². The van der Waals surface area contributed by atoms with E-state index >= 15 is 0 Å². The van der Waals surface area contributed by atoms with Crippen molar-refractivity contribution in [3.63, 3.8) is 0 Å². The molecule has 7 nitrogen and oxygen atoms in total. The molecule has 0 unspecified atom stereocenters. The van der Waals surface area contributed by atoms with Crippen molar-refractivity contribution in [3.05, 3.63) is 47.5 Å². The molecule has 24 heavy (non-hydrogen) atoms. The molecule has 1 aromatic carbocycles. The minimum Gasteiger partial charge on any atom is -0.466 e. The van der Waals surface area contributed by atoms with Gasteiger partial charge in [-0.2, -0.15) is 5.10 Å². The van der Waals surface area contributed by atoms with Gasteiger partial charge in [0.15, 0.2) is 0 Å². The van der Waals surface area contributed by atoms with E-state index in [0.717, 1.165) is 5.39 Å². The topological polar surface area (TPSA) is 108 Å². The highest BCUT2D eigenvalue weighted by atomic mass is 32.2. The molecule has 3 aromatic rings. The molecular formula is C16H19N3O4S. The lowest BCUT2D eigenvalue weighted by Gasteiger charge is -2.23. The summed E-state index contributed by atoms with van der Waals surface area (Å²) < 4.78 is 32.8. The van der Waals surface area contributed by atoms with Crippen molar-refractivity contribution < 1.29 is 17.9 Å². The van der Waals surface area contributed by atoms with Crippen LogP contribution in [0.2, 0.25) is 0 Å². The Morgan fingerprint density at radius 3 is 2.75 bits per heavy atom. The average Bonchev–Trinajstić information content (AvgIpc) is 3.11. The van der Waals surface area contributed by atoms with E-state index in [1.54, 1.807) is 39.1 Å². The molecule has 0 radical (unpaired) electrons. The van der Waals surface area contributed by atoms with Crippen molar-refractivity contribution >= 4 is 20.9 Å². The first-order valence-electron chi connectivity index (χ1n) is 7.42. The van der Waals surface area contributed by atoms with E-state index in [1.165, 1.54) is 12.1 Å². The van der Waals surface area contributed by atoms with Crippen molar-refractivity contribution in [2.45, 2.75) is 31.3 Å². The molecule has 128 valence electrons. The average molecular weight is 349 g/mol. The van der Waals surface area contributed by atoms with Gasteiger partial charge in [0, 0.05) is 17.5 Å². The second-order valence-electron chi connectivity index (χ2n) is 6.04. The molecule has 0 bridgehead atoms. The molecule has 2 heterocycles. The molecule has 0 aliphatic heterocycles. The zero-order valence-electron chi connectivity index (χ0n) is 13.6. The maximum atomic E-state index is 12.5. The number of hydrogen-bond donors (Lipinski definition) is 3. The molecule has 3 rings (SSSR count). The van der Waals surface area contributed by atoms with Crippen LogP contribution in [-0.4, -0.2) is 30.3 Å². The number of aromatic nitrogens is 2. The molecule has 0 aliphatic carbocycles. The lowest BCUT2D eigenvalue weighted by Crippen LogP contribution is -2.38. The number of H-pyrrole nitrogens is 1. The van der Waals surface area contributed by atoms with Crippen LogP contribution < -0.4 is 4.72 Å². The summed E-state index contributed by atoms with van der Waals surface area (Å²) in [6, 6.07) is 6.39. The van der Waals surface area contributed by atoms with Crippen molar-refractivity contribution in [2.75, 3.05) is 6.54 Å². The number of fused-ring (bicyclic) bond motifs is 1. The molecule has 0 saturated carbocycles. The Morgan fingerprint density at radius 1 is 1.33 bits per heavy atom. The van der Waals surface area contributed by atoms with Gasteiger partial charge >= 0.3 is 0 Å². The van der Waals surface area contributed by atoms with E-state index in [-0.39, 0.29) is 11.4 Å². The maximum Gasteiger partial charge on any atom is 0.240 e. The van der Waals surface area contributed by atoms with Crippen molar-refractivity contribution in [1.82, 2.24) is 14.9 Å². The Hall–Kier alpha value is -2.16. The largest absolute Gasteiger partial charge is 0.466 e. The van der Waals surface area contributed by atoms with Gasteiger partial charge in [-0.1, -0.05) is 0 Å². The lowest BCUT2D eigenvalue weighted by molar-refractivity contribution is 0.0612. The predicted octanol–water partition coefficient (Wildman–Crippen LogP) is 1.96. The Bertz CT molecular complexity index is 986. The molecular weight excluding hydrogens is 330 g/mol. The summed E-state index contributed by atoms with van der Waals surface area (Å²) in [6.07, 6.45) is 1.62. The molecule has 0 amide bonds. The van der Waals surface area contributed by atoms with Crippen LogP contribution in [0.1, 0.15) is 24.0 Å². The van der Waals surface area contributed by atoms with Gasteiger partial charge in [0.05, 0.1) is 16.6 Å². The number of sulfonamides is 1. The Kier molecular flexibility index (Phi) is 3.98. The molecule has 1 atom stereocenters. The van der Waals surface area contributed by atoms with Crippen LogP contribution in [-0.2, 0) is 15.6 Å². The first-order valence-corrected chi connectivity index (χ1v) is 8.90. The summed E-state index contributed by atoms with van der Waals surface area (Å²) in [5.41, 5.74) is -0.190. The third-order valence-corrected chi connectivity index (χ3v) is 5.35. The SMILES string of the molecule is Cc1cc([C@@](C)(O)CNS(=O)(=O)c2ccc3cn[nH]c3c2)c(C)o1. The fourth-order valence-electron chi connectivity index (χ4n) is 2.66. The number of aromatic amines is 1. The summed E-state index contributed by atoms with van der Waals surface area (Å²) in [4.78, 5) is 0.107. The van der Waals surface area contributed by atoms with Gasteiger partial charge in [0.25, 0.3) is 0 Å². The highest BCUT2D eigenvalue weighted by Gasteiger charge is 2.29. The second kappa shape index (κ2) is 5.73. The second-order valence-corrected chi connectivity index (χ2v) is 7.81. The predicted molar refractivity (Wildman–Crippen MR) is 89.0 cm³/mol. The third-order valence-electron chi connectivity index (χ3n) is 3.95. The van der Waals surface area contributed by atoms with Crippen LogP contribution in [0.15, 0.2) is 39.8 Å². The van der Waals surface area contributed by atoms with E-state index in [9.17, 15) is 13.5 Å². The maximum absolute atomic E-state index is 12.5. The Morgan fingerprint density at radius 2 is 2.08 bits per heavy atom. The molecule has 8 heteroatoms. The lowest BCUT2D eigenvalue weighted by atomic mass is 9.97. The fourth-order valence-corrected chi connectivity index (χ4v) is 3.82. The molecule has 0 fully saturated rings. The van der Waals surface area contributed by atoms with E-state index in [2.05, 4.69) is 14.9 Å². The molecule has 3 N–H and O–H groups in total. The Balaban J connectivity index is 1.82. The van der Waals surface area contributed by atoms with Crippen molar-refractivity contribution in [3.8, 4) is 0 Å². The van der Waals surface area contributed by atoms with Crippen LogP contribution in [0.4, 0.5) is 0 Å². The minimum absolute atomic E-state index is 0.107. The van der Waals surface area contributed by atoms with Crippen molar-refractivity contribution in [2.24, 2.45) is 0 Å². The molecule has 0 spiro atoms.